The van der Waals surface area contributed by atoms with E-state index in [1.54, 1.807) is 0 Å². The van der Waals surface area contributed by atoms with Gasteiger partial charge in [0.15, 0.2) is 0 Å². The molecule has 0 aromatic heterocycles. The molecule has 0 bridgehead atoms. The van der Waals surface area contributed by atoms with Gasteiger partial charge in [-0.15, -0.1) is 0 Å². The Balaban J connectivity index is 4.37. The predicted molar refractivity (Wildman–Crippen MR) is 235 cm³/mol. The molecule has 0 radical (unpaired) electrons. The summed E-state index contributed by atoms with van der Waals surface area (Å²) in [6, 6.07) is -1.49. The Kier molecular flexibility index (Phi) is 39.7. The molecule has 0 spiro atoms. The van der Waals surface area contributed by atoms with Crippen LogP contribution < -0.4 is 5.73 Å². The minimum atomic E-state index is -4.64. The zero-order valence-electron chi connectivity index (χ0n) is 35.7. The van der Waals surface area contributed by atoms with Crippen molar-refractivity contribution in [2.24, 2.45) is 5.73 Å². The van der Waals surface area contributed by atoms with Crippen LogP contribution in [0.5, 0.6) is 0 Å². The molecule has 1 unspecified atom stereocenters. The van der Waals surface area contributed by atoms with Gasteiger partial charge in [-0.1, -0.05) is 183 Å². The van der Waals surface area contributed by atoms with Crippen LogP contribution in [0.15, 0.2) is 72.9 Å². The van der Waals surface area contributed by atoms with Crippen molar-refractivity contribution in [1.82, 2.24) is 0 Å². The number of rotatable bonds is 41. The van der Waals surface area contributed by atoms with Gasteiger partial charge in [-0.05, 0) is 51.4 Å². The van der Waals surface area contributed by atoms with Crippen molar-refractivity contribution >= 4 is 19.8 Å². The molecule has 11 heteroatoms. The first-order valence-corrected chi connectivity index (χ1v) is 23.5. The number of carbonyl (C=O) groups is 2. The first-order chi connectivity index (χ1) is 27.7. The molecule has 0 aliphatic carbocycles. The van der Waals surface area contributed by atoms with Crippen molar-refractivity contribution in [2.45, 2.75) is 180 Å². The van der Waals surface area contributed by atoms with Crippen LogP contribution in [0.4, 0.5) is 0 Å². The van der Waals surface area contributed by atoms with Gasteiger partial charge in [-0.2, -0.15) is 0 Å². The summed E-state index contributed by atoms with van der Waals surface area (Å²) >= 11 is 0. The molecule has 328 valence electrons. The fourth-order valence-electron chi connectivity index (χ4n) is 5.63. The first-order valence-electron chi connectivity index (χ1n) is 22.0. The molecule has 0 saturated heterocycles. The van der Waals surface area contributed by atoms with E-state index in [1.165, 1.54) is 83.5 Å². The monoisotopic (exact) mass is 822 g/mol. The zero-order valence-corrected chi connectivity index (χ0v) is 36.6. The lowest BCUT2D eigenvalue weighted by atomic mass is 10.0. The lowest BCUT2D eigenvalue weighted by Crippen LogP contribution is -2.34. The van der Waals surface area contributed by atoms with E-state index >= 15 is 0 Å². The number of hydrogen-bond donors (Lipinski definition) is 3. The Morgan fingerprint density at radius 3 is 1.42 bits per heavy atom. The van der Waals surface area contributed by atoms with Crippen LogP contribution in [0, 0.1) is 0 Å². The van der Waals surface area contributed by atoms with Crippen molar-refractivity contribution in [2.75, 3.05) is 26.4 Å². The normalized spacial score (nSPS) is 14.6. The molecule has 0 aliphatic rings. The average Bonchev–Trinajstić information content (AvgIpc) is 3.19. The third-order valence-electron chi connectivity index (χ3n) is 9.01. The molecule has 3 atom stereocenters. The van der Waals surface area contributed by atoms with Crippen molar-refractivity contribution in [3.8, 4) is 0 Å². The molecule has 0 heterocycles. The van der Waals surface area contributed by atoms with E-state index in [1.807, 2.05) is 12.2 Å². The number of unbranched alkanes of at least 4 members (excludes halogenated alkanes) is 15. The van der Waals surface area contributed by atoms with Gasteiger partial charge >= 0.3 is 19.8 Å². The predicted octanol–water partition coefficient (Wildman–Crippen LogP) is 12.2. The van der Waals surface area contributed by atoms with Gasteiger partial charge in [-0.3, -0.25) is 18.6 Å². The van der Waals surface area contributed by atoms with Crippen molar-refractivity contribution in [1.29, 1.82) is 0 Å². The minimum Gasteiger partial charge on any atom is -0.480 e. The van der Waals surface area contributed by atoms with Crippen LogP contribution in [0.3, 0.4) is 0 Å². The molecule has 0 rings (SSSR count). The van der Waals surface area contributed by atoms with E-state index in [9.17, 15) is 19.0 Å². The molecule has 10 nitrogen and oxygen atoms in total. The number of hydrogen-bond acceptors (Lipinski definition) is 8. The maximum absolute atomic E-state index is 12.6. The summed E-state index contributed by atoms with van der Waals surface area (Å²) in [6.07, 6.45) is 51.1. The maximum atomic E-state index is 12.6. The van der Waals surface area contributed by atoms with Crippen LogP contribution in [-0.2, 0) is 32.7 Å². The van der Waals surface area contributed by atoms with Gasteiger partial charge in [0.2, 0.25) is 0 Å². The van der Waals surface area contributed by atoms with E-state index in [-0.39, 0.29) is 13.0 Å². The number of ether oxygens (including phenoxy) is 2. The molecule has 0 aromatic rings. The molecular formula is C46H80NO9P. The number of aliphatic carboxylic acids is 1. The Labute approximate surface area is 346 Å². The second-order valence-corrected chi connectivity index (χ2v) is 15.9. The fourth-order valence-corrected chi connectivity index (χ4v) is 6.41. The van der Waals surface area contributed by atoms with Gasteiger partial charge in [0.05, 0.1) is 19.8 Å². The molecule has 0 saturated carbocycles. The quantitative estimate of drug-likeness (QED) is 0.0235. The Hall–Kier alpha value is -2.59. The zero-order chi connectivity index (χ0) is 41.9. The number of phosphoric acid groups is 1. The fraction of sp³-hybridized carbons (Fsp3) is 0.696. The SMILES string of the molecule is CC/C=C\C/C=C\C/C=C\C/C=C\C/C=C\C/C=C\CCC(=O)O[C@H](COCCCCCCCCCCCCCCCCCC)COP(=O)(O)OC[C@H](N)C(=O)O. The van der Waals surface area contributed by atoms with E-state index in [0.29, 0.717) is 13.0 Å². The second kappa shape index (κ2) is 41.6. The number of esters is 1. The van der Waals surface area contributed by atoms with E-state index < -0.39 is 45.1 Å². The van der Waals surface area contributed by atoms with E-state index in [2.05, 4.69) is 74.6 Å². The maximum Gasteiger partial charge on any atom is 0.472 e. The summed E-state index contributed by atoms with van der Waals surface area (Å²) in [5.41, 5.74) is 5.35. The molecule has 0 aromatic carbocycles. The van der Waals surface area contributed by atoms with Crippen LogP contribution >= 0.6 is 7.82 Å². The van der Waals surface area contributed by atoms with Gasteiger partial charge in [0.25, 0.3) is 0 Å². The summed E-state index contributed by atoms with van der Waals surface area (Å²) in [5.74, 6) is -1.87. The molecule has 57 heavy (non-hydrogen) atoms. The largest absolute Gasteiger partial charge is 0.480 e. The van der Waals surface area contributed by atoms with Crippen molar-refractivity contribution in [3.63, 3.8) is 0 Å². The van der Waals surface area contributed by atoms with Crippen LogP contribution in [-0.4, -0.2) is 60.5 Å². The van der Waals surface area contributed by atoms with Crippen molar-refractivity contribution < 1.29 is 42.7 Å². The highest BCUT2D eigenvalue weighted by molar-refractivity contribution is 7.47. The third-order valence-corrected chi connectivity index (χ3v) is 9.96. The third kappa shape index (κ3) is 41.4. The topological polar surface area (TPSA) is 155 Å². The minimum absolute atomic E-state index is 0.0149. The summed E-state index contributed by atoms with van der Waals surface area (Å²) < 4.78 is 33.3. The number of phosphoric ester groups is 1. The number of carbonyl (C=O) groups excluding carboxylic acids is 1. The Morgan fingerprint density at radius 2 is 0.982 bits per heavy atom. The standard InChI is InChI=1S/C46H80NO9P/c1-3-5-7-9-11-13-15-17-19-21-22-23-24-26-28-30-32-34-36-38-45(48)56-43(41-54-57(51,52)55-42-44(47)46(49)50)40-53-39-37-35-33-31-29-27-25-20-18-16-14-12-10-8-6-4-2/h5,7,11,13,17,19,22-23,26,28,32,34,43-44H,3-4,6,8-10,12,14-16,18,20-21,24-25,27,29-31,33,35-42,47H2,1-2H3,(H,49,50)(H,51,52)/b7-5-,13-11-,19-17-,23-22-,28-26-,34-32-/t43-,44+/m1/s1. The summed E-state index contributed by atoms with van der Waals surface area (Å²) in [5, 5.41) is 8.89. The Bertz CT molecular complexity index is 1180. The molecular weight excluding hydrogens is 741 g/mol. The molecule has 4 N–H and O–H groups in total. The summed E-state index contributed by atoms with van der Waals surface area (Å²) in [6.45, 7) is 3.67. The highest BCUT2D eigenvalue weighted by Crippen LogP contribution is 2.43. The lowest BCUT2D eigenvalue weighted by molar-refractivity contribution is -0.154. The Morgan fingerprint density at radius 1 is 0.579 bits per heavy atom. The molecule has 0 fully saturated rings. The van der Waals surface area contributed by atoms with Crippen LogP contribution in [0.25, 0.3) is 0 Å². The lowest BCUT2D eigenvalue weighted by Gasteiger charge is -2.20. The molecule has 0 aliphatic heterocycles. The van der Waals surface area contributed by atoms with Crippen LogP contribution in [0.1, 0.15) is 168 Å². The van der Waals surface area contributed by atoms with Gasteiger partial charge in [0, 0.05) is 13.0 Å². The number of nitrogens with two attached hydrogens (primary N) is 1. The smallest absolute Gasteiger partial charge is 0.472 e. The summed E-state index contributed by atoms with van der Waals surface area (Å²) in [7, 11) is -4.64. The van der Waals surface area contributed by atoms with Crippen molar-refractivity contribution in [3.05, 3.63) is 72.9 Å². The van der Waals surface area contributed by atoms with E-state index in [0.717, 1.165) is 57.8 Å². The van der Waals surface area contributed by atoms with Gasteiger partial charge in [-0.25, -0.2) is 4.57 Å². The molecule has 0 amide bonds. The van der Waals surface area contributed by atoms with Gasteiger partial charge < -0.3 is 25.2 Å². The number of carboxylic acid groups (broad SMARTS) is 1. The number of carboxylic acids is 1. The van der Waals surface area contributed by atoms with Crippen LogP contribution in [0.2, 0.25) is 0 Å². The first kappa shape index (κ1) is 54.4. The highest BCUT2D eigenvalue weighted by atomic mass is 31.2. The average molecular weight is 822 g/mol. The number of allylic oxidation sites excluding steroid dienone is 12. The van der Waals surface area contributed by atoms with Gasteiger partial charge in [0.1, 0.15) is 12.1 Å². The second-order valence-electron chi connectivity index (χ2n) is 14.4. The summed E-state index contributed by atoms with van der Waals surface area (Å²) in [4.78, 5) is 33.5. The van der Waals surface area contributed by atoms with E-state index in [4.69, 9.17) is 29.4 Å². The highest BCUT2D eigenvalue weighted by Gasteiger charge is 2.27.